The molecule has 0 amide bonds. The molecule has 0 saturated heterocycles. The van der Waals surface area contributed by atoms with E-state index >= 15 is 0 Å². The van der Waals surface area contributed by atoms with E-state index in [4.69, 9.17) is 14.4 Å². The summed E-state index contributed by atoms with van der Waals surface area (Å²) in [6.45, 7) is 4.70. The predicted octanol–water partition coefficient (Wildman–Crippen LogP) is 13.7. The first-order valence-electron chi connectivity index (χ1n) is 18.6. The van der Waals surface area contributed by atoms with Crippen LogP contribution < -0.4 is 0 Å². The molecule has 3 nitrogen and oxygen atoms in total. The summed E-state index contributed by atoms with van der Waals surface area (Å²) in [5, 5.41) is 7.19. The molecule has 0 radical (unpaired) electrons. The van der Waals surface area contributed by atoms with Crippen molar-refractivity contribution in [3.63, 3.8) is 0 Å². The molecule has 0 N–H and O–H groups in total. The van der Waals surface area contributed by atoms with Crippen LogP contribution in [0.5, 0.6) is 0 Å². The number of fused-ring (bicyclic) bond motifs is 9. The zero-order chi connectivity index (χ0) is 36.0. The second kappa shape index (κ2) is 11.6. The van der Waals surface area contributed by atoms with Crippen LogP contribution in [0.1, 0.15) is 25.0 Å². The lowest BCUT2D eigenvalue weighted by Crippen LogP contribution is -2.14. The zero-order valence-corrected chi connectivity index (χ0v) is 30.0. The van der Waals surface area contributed by atoms with Crippen LogP contribution in [0.2, 0.25) is 0 Å². The van der Waals surface area contributed by atoms with Crippen molar-refractivity contribution in [1.29, 1.82) is 0 Å². The molecule has 2 aromatic heterocycles. The molecule has 0 fully saturated rings. The highest BCUT2D eigenvalue weighted by Crippen LogP contribution is 2.53. The minimum absolute atomic E-state index is 0.109. The Kier molecular flexibility index (Phi) is 6.60. The average Bonchev–Trinajstić information content (AvgIpc) is 3.71. The normalized spacial score (nSPS) is 13.1. The second-order valence-corrected chi connectivity index (χ2v) is 15.0. The summed E-state index contributed by atoms with van der Waals surface area (Å²) >= 11 is 0. The van der Waals surface area contributed by atoms with E-state index in [0.29, 0.717) is 5.82 Å². The van der Waals surface area contributed by atoms with Gasteiger partial charge in [-0.3, -0.25) is 0 Å². The Labute approximate surface area is 313 Å². The average molecular weight is 691 g/mol. The van der Waals surface area contributed by atoms with Gasteiger partial charge in [0.2, 0.25) is 0 Å². The van der Waals surface area contributed by atoms with Crippen molar-refractivity contribution in [1.82, 2.24) is 9.97 Å². The lowest BCUT2D eigenvalue weighted by molar-refractivity contribution is 0.661. The molecule has 10 aromatic rings. The molecule has 0 spiro atoms. The minimum atomic E-state index is -0.109. The Hall–Kier alpha value is -6.84. The summed E-state index contributed by atoms with van der Waals surface area (Å²) in [7, 11) is 0. The van der Waals surface area contributed by atoms with Gasteiger partial charge in [0.05, 0.1) is 11.4 Å². The monoisotopic (exact) mass is 690 g/mol. The lowest BCUT2D eigenvalue weighted by Gasteiger charge is -2.22. The van der Waals surface area contributed by atoms with Gasteiger partial charge >= 0.3 is 0 Å². The van der Waals surface area contributed by atoms with Gasteiger partial charge in [0.25, 0.3) is 0 Å². The number of aromatic nitrogens is 2. The van der Waals surface area contributed by atoms with Crippen molar-refractivity contribution >= 4 is 43.5 Å². The van der Waals surface area contributed by atoms with Crippen LogP contribution >= 0.6 is 0 Å². The van der Waals surface area contributed by atoms with Gasteiger partial charge in [-0.15, -0.1) is 0 Å². The molecule has 54 heavy (non-hydrogen) atoms. The van der Waals surface area contributed by atoms with Gasteiger partial charge in [0, 0.05) is 32.9 Å². The van der Waals surface area contributed by atoms with Crippen LogP contribution in [-0.4, -0.2) is 9.97 Å². The quantitative estimate of drug-likeness (QED) is 0.184. The Bertz CT molecular complexity index is 3130. The van der Waals surface area contributed by atoms with Gasteiger partial charge in [0.15, 0.2) is 5.82 Å². The van der Waals surface area contributed by atoms with Gasteiger partial charge in [-0.1, -0.05) is 141 Å². The Morgan fingerprint density at radius 3 is 1.94 bits per heavy atom. The topological polar surface area (TPSA) is 38.9 Å². The molecule has 0 unspecified atom stereocenters. The summed E-state index contributed by atoms with van der Waals surface area (Å²) in [6, 6.07) is 60.6. The number of furan rings is 1. The van der Waals surface area contributed by atoms with Crippen LogP contribution in [0.3, 0.4) is 0 Å². The predicted molar refractivity (Wildman–Crippen MR) is 224 cm³/mol. The Morgan fingerprint density at radius 1 is 0.426 bits per heavy atom. The third kappa shape index (κ3) is 4.68. The summed E-state index contributed by atoms with van der Waals surface area (Å²) in [4.78, 5) is 10.3. The maximum absolute atomic E-state index is 6.47. The fourth-order valence-electron chi connectivity index (χ4n) is 8.72. The second-order valence-electron chi connectivity index (χ2n) is 15.0. The van der Waals surface area contributed by atoms with Gasteiger partial charge in [-0.05, 0) is 97.4 Å². The van der Waals surface area contributed by atoms with E-state index in [0.717, 1.165) is 50.0 Å². The summed E-state index contributed by atoms with van der Waals surface area (Å²) in [5.74, 6) is 0.687. The highest BCUT2D eigenvalue weighted by atomic mass is 16.3. The van der Waals surface area contributed by atoms with Crippen LogP contribution in [0.4, 0.5) is 0 Å². The third-order valence-corrected chi connectivity index (χ3v) is 11.5. The van der Waals surface area contributed by atoms with E-state index in [1.54, 1.807) is 0 Å². The zero-order valence-electron chi connectivity index (χ0n) is 30.0. The first-order valence-corrected chi connectivity index (χ1v) is 18.6. The molecule has 1 aliphatic carbocycles. The van der Waals surface area contributed by atoms with Gasteiger partial charge in [-0.25, -0.2) is 9.97 Å². The van der Waals surface area contributed by atoms with Crippen molar-refractivity contribution < 1.29 is 4.42 Å². The number of rotatable bonds is 4. The van der Waals surface area contributed by atoms with Crippen molar-refractivity contribution in [3.8, 4) is 56.2 Å². The van der Waals surface area contributed by atoms with E-state index in [1.165, 1.54) is 54.9 Å². The number of nitrogens with zero attached hydrogens (tertiary/aromatic N) is 2. The maximum Gasteiger partial charge on any atom is 0.160 e. The Balaban J connectivity index is 1.07. The van der Waals surface area contributed by atoms with E-state index in [9.17, 15) is 0 Å². The summed E-state index contributed by atoms with van der Waals surface area (Å²) < 4.78 is 6.47. The summed E-state index contributed by atoms with van der Waals surface area (Å²) in [5.41, 5.74) is 14.1. The molecule has 8 aromatic carbocycles. The molecule has 254 valence electrons. The SMILES string of the molecule is CC1(C)c2cc3ccccc3cc2-c2c(-c3cccc(-c4cc(-c5ccc6c(c5)oc5ccc7ccccc7c56)nc(-c5ccccc5)n4)c3)cccc21. The highest BCUT2D eigenvalue weighted by molar-refractivity contribution is 6.19. The first-order chi connectivity index (χ1) is 26.5. The number of hydrogen-bond acceptors (Lipinski definition) is 3. The van der Waals surface area contributed by atoms with Crippen molar-refractivity contribution in [3.05, 3.63) is 181 Å². The number of hydrogen-bond donors (Lipinski definition) is 0. The largest absolute Gasteiger partial charge is 0.456 e. The molecule has 0 aliphatic heterocycles. The molecule has 3 heteroatoms. The molecular weight excluding hydrogens is 657 g/mol. The smallest absolute Gasteiger partial charge is 0.160 e. The van der Waals surface area contributed by atoms with Crippen LogP contribution in [0, 0.1) is 0 Å². The maximum atomic E-state index is 6.47. The molecule has 0 bridgehead atoms. The van der Waals surface area contributed by atoms with Crippen molar-refractivity contribution in [2.75, 3.05) is 0 Å². The molecule has 2 heterocycles. The molecule has 0 saturated carbocycles. The van der Waals surface area contributed by atoms with Crippen LogP contribution in [-0.2, 0) is 5.41 Å². The lowest BCUT2D eigenvalue weighted by atomic mass is 9.81. The molecular formula is C51H34N2O. The fourth-order valence-corrected chi connectivity index (χ4v) is 8.72. The van der Waals surface area contributed by atoms with Crippen LogP contribution in [0.15, 0.2) is 174 Å². The van der Waals surface area contributed by atoms with Crippen LogP contribution in [0.25, 0.3) is 99.6 Å². The van der Waals surface area contributed by atoms with Gasteiger partial charge in [-0.2, -0.15) is 0 Å². The standard InChI is InChI=1S/C51H34N2O/c1-51(2)42-21-11-20-39(48(42)41-27-33-15-6-7-16-34(33)28-43(41)51)35-17-10-18-36(26-35)44-30-45(53-50(52-44)32-13-4-3-5-14-32)37-22-24-40-47(29-37)54-46-25-23-31-12-8-9-19-38(31)49(40)46/h3-30H,1-2H3. The van der Waals surface area contributed by atoms with Gasteiger partial charge in [0.1, 0.15) is 11.2 Å². The number of benzene rings is 8. The minimum Gasteiger partial charge on any atom is -0.456 e. The molecule has 0 atom stereocenters. The highest BCUT2D eigenvalue weighted by Gasteiger charge is 2.37. The third-order valence-electron chi connectivity index (χ3n) is 11.5. The molecule has 1 aliphatic rings. The van der Waals surface area contributed by atoms with E-state index in [1.807, 2.05) is 18.2 Å². The van der Waals surface area contributed by atoms with E-state index < -0.39 is 0 Å². The Morgan fingerprint density at radius 2 is 1.11 bits per heavy atom. The summed E-state index contributed by atoms with van der Waals surface area (Å²) in [6.07, 6.45) is 0. The van der Waals surface area contributed by atoms with Crippen molar-refractivity contribution in [2.45, 2.75) is 19.3 Å². The fraction of sp³-hybridized carbons (Fsp3) is 0.0588. The van der Waals surface area contributed by atoms with E-state index in [2.05, 4.69) is 166 Å². The van der Waals surface area contributed by atoms with Gasteiger partial charge < -0.3 is 4.42 Å². The first kappa shape index (κ1) is 30.8. The van der Waals surface area contributed by atoms with E-state index in [-0.39, 0.29) is 5.41 Å². The van der Waals surface area contributed by atoms with Crippen molar-refractivity contribution in [2.24, 2.45) is 0 Å². The molecule has 11 rings (SSSR count).